The van der Waals surface area contributed by atoms with Crippen LogP contribution in [-0.4, -0.2) is 49.7 Å². The van der Waals surface area contributed by atoms with Gasteiger partial charge in [0, 0.05) is 26.1 Å². The highest BCUT2D eigenvalue weighted by molar-refractivity contribution is 5.87. The SMILES string of the molecule is O=C(O)c1ccc(CCC(=O)N2CCC(Cn3cncn3)CC2)cc1. The molecule has 2 aromatic rings. The molecule has 1 amide bonds. The second-order valence-corrected chi connectivity index (χ2v) is 6.44. The number of carboxylic acid groups (broad SMARTS) is 1. The molecule has 132 valence electrons. The summed E-state index contributed by atoms with van der Waals surface area (Å²) in [6.45, 7) is 2.43. The summed E-state index contributed by atoms with van der Waals surface area (Å²) < 4.78 is 1.85. The highest BCUT2D eigenvalue weighted by Crippen LogP contribution is 2.19. The lowest BCUT2D eigenvalue weighted by atomic mass is 9.96. The van der Waals surface area contributed by atoms with Crippen LogP contribution in [-0.2, 0) is 17.8 Å². The van der Waals surface area contributed by atoms with E-state index in [1.165, 1.54) is 0 Å². The first-order valence-electron chi connectivity index (χ1n) is 8.54. The first-order valence-corrected chi connectivity index (χ1v) is 8.54. The molecule has 0 unspecified atom stereocenters. The molecule has 0 aliphatic carbocycles. The van der Waals surface area contributed by atoms with Crippen molar-refractivity contribution in [3.63, 3.8) is 0 Å². The number of piperidine rings is 1. The molecule has 0 bridgehead atoms. The molecule has 0 atom stereocenters. The molecule has 1 fully saturated rings. The van der Waals surface area contributed by atoms with E-state index < -0.39 is 5.97 Å². The molecule has 0 radical (unpaired) electrons. The molecule has 2 heterocycles. The second-order valence-electron chi connectivity index (χ2n) is 6.44. The van der Waals surface area contributed by atoms with Gasteiger partial charge < -0.3 is 10.0 Å². The minimum absolute atomic E-state index is 0.168. The van der Waals surface area contributed by atoms with Crippen molar-refractivity contribution in [2.24, 2.45) is 5.92 Å². The van der Waals surface area contributed by atoms with Gasteiger partial charge in [-0.05, 0) is 42.9 Å². The Kier molecular flexibility index (Phi) is 5.42. The smallest absolute Gasteiger partial charge is 0.335 e. The lowest BCUT2D eigenvalue weighted by molar-refractivity contribution is -0.132. The number of hydrogen-bond donors (Lipinski definition) is 1. The summed E-state index contributed by atoms with van der Waals surface area (Å²) in [4.78, 5) is 29.1. The zero-order valence-electron chi connectivity index (χ0n) is 14.0. The van der Waals surface area contributed by atoms with Gasteiger partial charge >= 0.3 is 5.97 Å². The molecular weight excluding hydrogens is 320 g/mol. The molecule has 25 heavy (non-hydrogen) atoms. The Morgan fingerprint density at radius 3 is 2.48 bits per heavy atom. The van der Waals surface area contributed by atoms with Gasteiger partial charge in [0.25, 0.3) is 0 Å². The summed E-state index contributed by atoms with van der Waals surface area (Å²) in [7, 11) is 0. The summed E-state index contributed by atoms with van der Waals surface area (Å²) >= 11 is 0. The monoisotopic (exact) mass is 342 g/mol. The summed E-state index contributed by atoms with van der Waals surface area (Å²) in [5, 5.41) is 13.0. The third kappa shape index (κ3) is 4.65. The fraction of sp³-hybridized carbons (Fsp3) is 0.444. The number of aryl methyl sites for hydroxylation is 1. The Morgan fingerprint density at radius 2 is 1.88 bits per heavy atom. The van der Waals surface area contributed by atoms with Crippen molar-refractivity contribution >= 4 is 11.9 Å². The highest BCUT2D eigenvalue weighted by Gasteiger charge is 2.23. The molecule has 1 aliphatic heterocycles. The van der Waals surface area contributed by atoms with Crippen molar-refractivity contribution in [1.82, 2.24) is 19.7 Å². The van der Waals surface area contributed by atoms with E-state index >= 15 is 0 Å². The van der Waals surface area contributed by atoms with E-state index in [0.717, 1.165) is 38.0 Å². The number of carbonyl (C=O) groups excluding carboxylic acids is 1. The Hall–Kier alpha value is -2.70. The Bertz CT molecular complexity index is 704. The third-order valence-corrected chi connectivity index (χ3v) is 4.71. The van der Waals surface area contributed by atoms with Crippen LogP contribution in [0.3, 0.4) is 0 Å². The number of nitrogens with zero attached hydrogens (tertiary/aromatic N) is 4. The van der Waals surface area contributed by atoms with Crippen LogP contribution in [0.5, 0.6) is 0 Å². The molecule has 1 aromatic heterocycles. The van der Waals surface area contributed by atoms with Gasteiger partial charge in [-0.1, -0.05) is 12.1 Å². The maximum absolute atomic E-state index is 12.4. The second kappa shape index (κ2) is 7.92. The molecule has 0 spiro atoms. The lowest BCUT2D eigenvalue weighted by Gasteiger charge is -2.32. The summed E-state index contributed by atoms with van der Waals surface area (Å²) in [6, 6.07) is 6.72. The van der Waals surface area contributed by atoms with Gasteiger partial charge in [-0.3, -0.25) is 9.48 Å². The van der Waals surface area contributed by atoms with Crippen LogP contribution in [0.15, 0.2) is 36.9 Å². The number of rotatable bonds is 6. The standard InChI is InChI=1S/C18H22N4O3/c23-17(6-3-14-1-4-16(5-2-14)18(24)25)21-9-7-15(8-10-21)11-22-13-19-12-20-22/h1-2,4-5,12-13,15H,3,6-11H2,(H,24,25). The summed E-state index contributed by atoms with van der Waals surface area (Å²) in [6.07, 6.45) is 6.34. The molecule has 1 saturated heterocycles. The van der Waals surface area contributed by atoms with Gasteiger partial charge in [0.1, 0.15) is 12.7 Å². The van der Waals surface area contributed by atoms with Gasteiger partial charge in [-0.25, -0.2) is 9.78 Å². The van der Waals surface area contributed by atoms with E-state index in [1.807, 2.05) is 9.58 Å². The summed E-state index contributed by atoms with van der Waals surface area (Å²) in [5.41, 5.74) is 1.25. The molecule has 0 saturated carbocycles. The van der Waals surface area contributed by atoms with Crippen LogP contribution in [0.2, 0.25) is 0 Å². The van der Waals surface area contributed by atoms with Crippen LogP contribution in [0.1, 0.15) is 35.2 Å². The van der Waals surface area contributed by atoms with Crippen LogP contribution in [0, 0.1) is 5.92 Å². The zero-order chi connectivity index (χ0) is 17.6. The van der Waals surface area contributed by atoms with Gasteiger partial charge in [-0.15, -0.1) is 0 Å². The average molecular weight is 342 g/mol. The Balaban J connectivity index is 1.42. The van der Waals surface area contributed by atoms with Crippen LogP contribution < -0.4 is 0 Å². The first kappa shape index (κ1) is 17.1. The first-order chi connectivity index (χ1) is 12.1. The zero-order valence-corrected chi connectivity index (χ0v) is 14.0. The number of carboxylic acids is 1. The Morgan fingerprint density at radius 1 is 1.16 bits per heavy atom. The number of likely N-dealkylation sites (tertiary alicyclic amines) is 1. The minimum atomic E-state index is -0.934. The van der Waals surface area contributed by atoms with Gasteiger partial charge in [0.2, 0.25) is 5.91 Å². The summed E-state index contributed by atoms with van der Waals surface area (Å²) in [5.74, 6) is -0.229. The Labute approximate surface area is 146 Å². The number of aromatic nitrogens is 3. The van der Waals surface area contributed by atoms with Crippen LogP contribution in [0.25, 0.3) is 0 Å². The quantitative estimate of drug-likeness (QED) is 0.865. The van der Waals surface area contributed by atoms with E-state index in [-0.39, 0.29) is 11.5 Å². The van der Waals surface area contributed by atoms with Gasteiger partial charge in [0.15, 0.2) is 0 Å². The molecule has 1 aliphatic rings. The predicted octanol–water partition coefficient (Wildman–Crippen LogP) is 1.85. The average Bonchev–Trinajstić information content (AvgIpc) is 3.13. The number of amides is 1. The van der Waals surface area contributed by atoms with E-state index in [2.05, 4.69) is 10.1 Å². The van der Waals surface area contributed by atoms with E-state index in [9.17, 15) is 9.59 Å². The van der Waals surface area contributed by atoms with Crippen molar-refractivity contribution in [2.75, 3.05) is 13.1 Å². The maximum atomic E-state index is 12.4. The molecule has 7 heteroatoms. The predicted molar refractivity (Wildman–Crippen MR) is 91.0 cm³/mol. The van der Waals surface area contributed by atoms with E-state index in [1.54, 1.807) is 36.9 Å². The van der Waals surface area contributed by atoms with Crippen LogP contribution in [0.4, 0.5) is 0 Å². The molecular formula is C18H22N4O3. The molecule has 3 rings (SSSR count). The van der Waals surface area contributed by atoms with E-state index in [4.69, 9.17) is 5.11 Å². The van der Waals surface area contributed by atoms with Gasteiger partial charge in [-0.2, -0.15) is 5.10 Å². The number of carbonyl (C=O) groups is 2. The number of benzene rings is 1. The lowest BCUT2D eigenvalue weighted by Crippen LogP contribution is -2.39. The number of hydrogen-bond acceptors (Lipinski definition) is 4. The third-order valence-electron chi connectivity index (χ3n) is 4.71. The topological polar surface area (TPSA) is 88.3 Å². The van der Waals surface area contributed by atoms with Crippen molar-refractivity contribution < 1.29 is 14.7 Å². The fourth-order valence-electron chi connectivity index (χ4n) is 3.18. The van der Waals surface area contributed by atoms with Crippen molar-refractivity contribution in [2.45, 2.75) is 32.2 Å². The van der Waals surface area contributed by atoms with Gasteiger partial charge in [0.05, 0.1) is 5.56 Å². The molecule has 1 aromatic carbocycles. The molecule has 7 nitrogen and oxygen atoms in total. The number of aromatic carboxylic acids is 1. The van der Waals surface area contributed by atoms with Crippen molar-refractivity contribution in [3.8, 4) is 0 Å². The molecule has 1 N–H and O–H groups in total. The minimum Gasteiger partial charge on any atom is -0.478 e. The fourth-order valence-corrected chi connectivity index (χ4v) is 3.18. The van der Waals surface area contributed by atoms with Crippen molar-refractivity contribution in [3.05, 3.63) is 48.0 Å². The normalized spacial score (nSPS) is 15.3. The van der Waals surface area contributed by atoms with Crippen molar-refractivity contribution in [1.29, 1.82) is 0 Å². The van der Waals surface area contributed by atoms with Crippen LogP contribution >= 0.6 is 0 Å². The maximum Gasteiger partial charge on any atom is 0.335 e. The largest absolute Gasteiger partial charge is 0.478 e. The highest BCUT2D eigenvalue weighted by atomic mass is 16.4. The van der Waals surface area contributed by atoms with E-state index in [0.29, 0.717) is 18.8 Å².